The summed E-state index contributed by atoms with van der Waals surface area (Å²) >= 11 is 0. The first-order valence-electron chi connectivity index (χ1n) is 12.9. The molecule has 0 saturated heterocycles. The highest BCUT2D eigenvalue weighted by atomic mass is 16.5. The molecule has 0 unspecified atom stereocenters. The highest BCUT2D eigenvalue weighted by Crippen LogP contribution is 2.30. The molecule has 0 radical (unpaired) electrons. The second-order valence-corrected chi connectivity index (χ2v) is 9.01. The standard InChI is InChI=1S/C32H34N2O4/c1-4-37-31-20-24(15-18-30(31)38-22-27-12-7-11-26-9-5-6-13-29(26)27)21-33-34-32(35)14-8-10-25-16-17-28(36-3)19-23(25)2/h5-7,9,11-13,15-21H,4,8,10,14,22H2,1-3H3,(H,34,35)/b33-21-. The maximum atomic E-state index is 12.3. The summed E-state index contributed by atoms with van der Waals surface area (Å²) in [5, 5.41) is 6.48. The number of benzene rings is 4. The van der Waals surface area contributed by atoms with Crippen LogP contribution in [0.1, 0.15) is 42.0 Å². The van der Waals surface area contributed by atoms with Gasteiger partial charge in [-0.05, 0) is 90.0 Å². The average Bonchev–Trinajstić information content (AvgIpc) is 2.93. The van der Waals surface area contributed by atoms with Gasteiger partial charge >= 0.3 is 0 Å². The van der Waals surface area contributed by atoms with Crippen molar-refractivity contribution < 1.29 is 19.0 Å². The zero-order valence-corrected chi connectivity index (χ0v) is 22.2. The van der Waals surface area contributed by atoms with Crippen molar-refractivity contribution in [3.63, 3.8) is 0 Å². The largest absolute Gasteiger partial charge is 0.497 e. The van der Waals surface area contributed by atoms with Gasteiger partial charge in [0, 0.05) is 6.42 Å². The topological polar surface area (TPSA) is 69.2 Å². The fourth-order valence-electron chi connectivity index (χ4n) is 4.32. The van der Waals surface area contributed by atoms with Gasteiger partial charge in [0.25, 0.3) is 0 Å². The Bertz CT molecular complexity index is 1410. The number of amides is 1. The number of nitrogens with one attached hydrogen (secondary N) is 1. The van der Waals surface area contributed by atoms with E-state index in [-0.39, 0.29) is 5.91 Å². The fourth-order valence-corrected chi connectivity index (χ4v) is 4.32. The second kappa shape index (κ2) is 13.3. The van der Waals surface area contributed by atoms with Gasteiger partial charge in [-0.2, -0.15) is 5.10 Å². The van der Waals surface area contributed by atoms with Crippen molar-refractivity contribution >= 4 is 22.9 Å². The first-order valence-corrected chi connectivity index (χ1v) is 12.9. The number of hydrogen-bond donors (Lipinski definition) is 1. The lowest BCUT2D eigenvalue weighted by Crippen LogP contribution is -2.17. The molecule has 4 aromatic rings. The van der Waals surface area contributed by atoms with Gasteiger partial charge in [0.2, 0.25) is 5.91 Å². The van der Waals surface area contributed by atoms with Crippen LogP contribution in [-0.2, 0) is 17.8 Å². The molecule has 1 amide bonds. The van der Waals surface area contributed by atoms with E-state index in [0.29, 0.717) is 31.1 Å². The van der Waals surface area contributed by atoms with E-state index in [4.69, 9.17) is 14.2 Å². The zero-order valence-electron chi connectivity index (χ0n) is 22.2. The van der Waals surface area contributed by atoms with Gasteiger partial charge in [-0.3, -0.25) is 4.79 Å². The Kier molecular flexibility index (Phi) is 9.35. The lowest BCUT2D eigenvalue weighted by atomic mass is 10.0. The number of aryl methyl sites for hydroxylation is 2. The number of carbonyl (C=O) groups excluding carboxylic acids is 1. The Morgan fingerprint density at radius 3 is 2.58 bits per heavy atom. The maximum absolute atomic E-state index is 12.3. The molecular formula is C32H34N2O4. The summed E-state index contributed by atoms with van der Waals surface area (Å²) in [7, 11) is 1.66. The minimum absolute atomic E-state index is 0.118. The summed E-state index contributed by atoms with van der Waals surface area (Å²) in [6, 6.07) is 26.1. The summed E-state index contributed by atoms with van der Waals surface area (Å²) in [4.78, 5) is 12.3. The smallest absolute Gasteiger partial charge is 0.240 e. The number of hydrogen-bond acceptors (Lipinski definition) is 5. The van der Waals surface area contributed by atoms with Crippen LogP contribution in [0.5, 0.6) is 17.2 Å². The quantitative estimate of drug-likeness (QED) is 0.172. The molecule has 0 spiro atoms. The number of hydrazone groups is 1. The fraction of sp³-hybridized carbons (Fsp3) is 0.250. The van der Waals surface area contributed by atoms with E-state index >= 15 is 0 Å². The Morgan fingerprint density at radius 1 is 0.921 bits per heavy atom. The Labute approximate surface area is 224 Å². The molecule has 0 aliphatic rings. The van der Waals surface area contributed by atoms with E-state index in [1.807, 2.05) is 55.5 Å². The molecule has 4 rings (SSSR count). The number of carbonyl (C=O) groups is 1. The van der Waals surface area contributed by atoms with E-state index in [1.165, 1.54) is 16.3 Å². The van der Waals surface area contributed by atoms with Crippen LogP contribution in [0.2, 0.25) is 0 Å². The molecule has 0 aliphatic carbocycles. The van der Waals surface area contributed by atoms with Gasteiger partial charge in [-0.15, -0.1) is 0 Å². The molecule has 4 aromatic carbocycles. The first kappa shape index (κ1) is 26.7. The molecule has 0 aromatic heterocycles. The van der Waals surface area contributed by atoms with Crippen molar-refractivity contribution in [1.82, 2.24) is 5.43 Å². The summed E-state index contributed by atoms with van der Waals surface area (Å²) in [5.74, 6) is 2.02. The molecule has 0 atom stereocenters. The van der Waals surface area contributed by atoms with Crippen LogP contribution in [0, 0.1) is 6.92 Å². The highest BCUT2D eigenvalue weighted by Gasteiger charge is 2.09. The lowest BCUT2D eigenvalue weighted by Gasteiger charge is -2.13. The average molecular weight is 511 g/mol. The summed E-state index contributed by atoms with van der Waals surface area (Å²) in [5.41, 5.74) is 6.92. The van der Waals surface area contributed by atoms with Crippen molar-refractivity contribution in [3.8, 4) is 17.2 Å². The van der Waals surface area contributed by atoms with Crippen LogP contribution >= 0.6 is 0 Å². The molecule has 0 fully saturated rings. The third-order valence-electron chi connectivity index (χ3n) is 6.33. The van der Waals surface area contributed by atoms with Gasteiger partial charge in [0.1, 0.15) is 12.4 Å². The van der Waals surface area contributed by atoms with Gasteiger partial charge < -0.3 is 14.2 Å². The van der Waals surface area contributed by atoms with E-state index < -0.39 is 0 Å². The molecule has 0 aliphatic heterocycles. The molecule has 6 nitrogen and oxygen atoms in total. The van der Waals surface area contributed by atoms with E-state index in [1.54, 1.807) is 13.3 Å². The summed E-state index contributed by atoms with van der Waals surface area (Å²) < 4.78 is 17.2. The van der Waals surface area contributed by atoms with Crippen molar-refractivity contribution in [2.24, 2.45) is 5.10 Å². The minimum atomic E-state index is -0.118. The summed E-state index contributed by atoms with van der Waals surface area (Å²) in [6.45, 7) is 4.93. The maximum Gasteiger partial charge on any atom is 0.240 e. The Hall–Kier alpha value is -4.32. The van der Waals surface area contributed by atoms with Gasteiger partial charge in [0.15, 0.2) is 11.5 Å². The van der Waals surface area contributed by atoms with Crippen LogP contribution in [0.3, 0.4) is 0 Å². The van der Waals surface area contributed by atoms with Gasteiger partial charge in [-0.1, -0.05) is 48.5 Å². The van der Waals surface area contributed by atoms with Crippen LogP contribution in [0.4, 0.5) is 0 Å². The van der Waals surface area contributed by atoms with E-state index in [0.717, 1.165) is 35.3 Å². The molecule has 196 valence electrons. The van der Waals surface area contributed by atoms with Crippen LogP contribution in [-0.4, -0.2) is 25.8 Å². The Morgan fingerprint density at radius 2 is 1.76 bits per heavy atom. The van der Waals surface area contributed by atoms with Crippen LogP contribution < -0.4 is 19.6 Å². The molecule has 1 N–H and O–H groups in total. The minimum Gasteiger partial charge on any atom is -0.497 e. The number of nitrogens with zero attached hydrogens (tertiary/aromatic N) is 1. The van der Waals surface area contributed by atoms with Gasteiger partial charge in [0.05, 0.1) is 19.9 Å². The van der Waals surface area contributed by atoms with E-state index in [2.05, 4.69) is 47.8 Å². The molecule has 0 heterocycles. The number of rotatable bonds is 12. The van der Waals surface area contributed by atoms with Crippen LogP contribution in [0.25, 0.3) is 10.8 Å². The van der Waals surface area contributed by atoms with Crippen molar-refractivity contribution in [1.29, 1.82) is 0 Å². The molecule has 38 heavy (non-hydrogen) atoms. The predicted octanol–water partition coefficient (Wildman–Crippen LogP) is 6.61. The number of ether oxygens (including phenoxy) is 3. The molecule has 0 bridgehead atoms. The summed E-state index contributed by atoms with van der Waals surface area (Å²) in [6.07, 6.45) is 3.58. The van der Waals surface area contributed by atoms with Crippen LogP contribution in [0.15, 0.2) is 84.0 Å². The van der Waals surface area contributed by atoms with Crippen molar-refractivity contribution in [3.05, 3.63) is 101 Å². The van der Waals surface area contributed by atoms with E-state index in [9.17, 15) is 4.79 Å². The molecular weight excluding hydrogens is 476 g/mol. The SMILES string of the molecule is CCOc1cc(/C=N\NC(=O)CCCc2ccc(OC)cc2C)ccc1OCc1cccc2ccccc12. The number of methoxy groups -OCH3 is 1. The van der Waals surface area contributed by atoms with Gasteiger partial charge in [-0.25, -0.2) is 5.43 Å². The first-order chi connectivity index (χ1) is 18.6. The monoisotopic (exact) mass is 510 g/mol. The molecule has 6 heteroatoms. The van der Waals surface area contributed by atoms with Crippen molar-refractivity contribution in [2.75, 3.05) is 13.7 Å². The Balaban J connectivity index is 1.31. The number of fused-ring (bicyclic) bond motifs is 1. The predicted molar refractivity (Wildman–Crippen MR) is 152 cm³/mol. The normalized spacial score (nSPS) is 11.0. The lowest BCUT2D eigenvalue weighted by molar-refractivity contribution is -0.121. The third-order valence-corrected chi connectivity index (χ3v) is 6.33. The molecule has 0 saturated carbocycles. The second-order valence-electron chi connectivity index (χ2n) is 9.01. The zero-order chi connectivity index (χ0) is 26.7. The highest BCUT2D eigenvalue weighted by molar-refractivity contribution is 5.85. The van der Waals surface area contributed by atoms with Crippen molar-refractivity contribution in [2.45, 2.75) is 39.7 Å². The third kappa shape index (κ3) is 7.13.